The molecule has 2 rings (SSSR count). The van der Waals surface area contributed by atoms with Crippen molar-refractivity contribution in [1.29, 1.82) is 0 Å². The van der Waals surface area contributed by atoms with Crippen LogP contribution in [0.5, 0.6) is 0 Å². The van der Waals surface area contributed by atoms with E-state index in [1.54, 1.807) is 0 Å². The molecule has 0 bridgehead atoms. The number of nitrogens with two attached hydrogens (primary N) is 1. The lowest BCUT2D eigenvalue weighted by atomic mass is 10.0. The zero-order valence-electron chi connectivity index (χ0n) is 12.8. The lowest BCUT2D eigenvalue weighted by molar-refractivity contribution is -0.117. The van der Waals surface area contributed by atoms with Crippen LogP contribution in [0, 0.1) is 0 Å². The van der Waals surface area contributed by atoms with Crippen LogP contribution < -0.4 is 11.1 Å². The number of pyridine rings is 1. The van der Waals surface area contributed by atoms with E-state index in [0.717, 1.165) is 19.4 Å². The third-order valence-corrected chi connectivity index (χ3v) is 4.09. The molecule has 1 fully saturated rings. The maximum atomic E-state index is 10.6. The number of primary amides is 1. The third-order valence-electron chi connectivity index (χ3n) is 4.09. The highest BCUT2D eigenvalue weighted by Gasteiger charge is 2.22. The summed E-state index contributed by atoms with van der Waals surface area (Å²) in [6.07, 6.45) is 8.94. The first-order chi connectivity index (χ1) is 10.2. The fourth-order valence-corrected chi connectivity index (χ4v) is 2.91. The largest absolute Gasteiger partial charge is 0.370 e. The Morgan fingerprint density at radius 2 is 2.33 bits per heavy atom. The van der Waals surface area contributed by atoms with Crippen molar-refractivity contribution < 1.29 is 4.79 Å². The molecule has 0 saturated carbocycles. The second kappa shape index (κ2) is 8.10. The van der Waals surface area contributed by atoms with Gasteiger partial charge in [-0.05, 0) is 56.9 Å². The van der Waals surface area contributed by atoms with Crippen LogP contribution in [0.3, 0.4) is 0 Å². The van der Waals surface area contributed by atoms with Crippen molar-refractivity contribution in [2.75, 3.05) is 26.7 Å². The highest BCUT2D eigenvalue weighted by Crippen LogP contribution is 2.30. The minimum Gasteiger partial charge on any atom is -0.370 e. The molecular weight excluding hydrogens is 264 g/mol. The van der Waals surface area contributed by atoms with Crippen LogP contribution in [0.25, 0.3) is 0 Å². The number of hydrogen-bond donors (Lipinski definition) is 2. The highest BCUT2D eigenvalue weighted by atomic mass is 16.1. The topological polar surface area (TPSA) is 71.2 Å². The van der Waals surface area contributed by atoms with E-state index < -0.39 is 0 Å². The second-order valence-electron chi connectivity index (χ2n) is 5.84. The van der Waals surface area contributed by atoms with Crippen LogP contribution in [0.2, 0.25) is 0 Å². The van der Waals surface area contributed by atoms with Gasteiger partial charge in [-0.3, -0.25) is 14.7 Å². The minimum absolute atomic E-state index is 0.250. The first kappa shape index (κ1) is 15.9. The zero-order chi connectivity index (χ0) is 15.1. The predicted molar refractivity (Wildman–Crippen MR) is 83.8 cm³/mol. The van der Waals surface area contributed by atoms with Gasteiger partial charge in [0.25, 0.3) is 0 Å². The molecule has 5 heteroatoms. The number of aromatic nitrogens is 1. The third kappa shape index (κ3) is 5.10. The standard InChI is InChI=1S/C16H26N4O/c1-20-9-3-5-15(20)14-10-13(11-19-12-14)4-2-7-18-8-6-16(17)21/h10-12,15,18H,2-9H2,1H3,(H2,17,21)/t15-/m0/s1. The Balaban J connectivity index is 1.75. The summed E-state index contributed by atoms with van der Waals surface area (Å²) in [6, 6.07) is 2.83. The fourth-order valence-electron chi connectivity index (χ4n) is 2.91. The maximum absolute atomic E-state index is 10.6. The first-order valence-electron chi connectivity index (χ1n) is 7.80. The van der Waals surface area contributed by atoms with E-state index in [9.17, 15) is 4.79 Å². The molecule has 116 valence electrons. The lowest BCUT2D eigenvalue weighted by Gasteiger charge is -2.19. The molecular formula is C16H26N4O. The van der Waals surface area contributed by atoms with Crippen molar-refractivity contribution in [3.05, 3.63) is 29.6 Å². The van der Waals surface area contributed by atoms with Crippen molar-refractivity contribution in [3.63, 3.8) is 0 Å². The van der Waals surface area contributed by atoms with E-state index in [-0.39, 0.29) is 5.91 Å². The molecule has 5 nitrogen and oxygen atoms in total. The number of hydrogen-bond acceptors (Lipinski definition) is 4. The normalized spacial score (nSPS) is 19.0. The summed E-state index contributed by atoms with van der Waals surface area (Å²) in [6.45, 7) is 2.75. The van der Waals surface area contributed by atoms with Gasteiger partial charge >= 0.3 is 0 Å². The van der Waals surface area contributed by atoms with Gasteiger partial charge in [0.2, 0.25) is 5.91 Å². The van der Waals surface area contributed by atoms with Gasteiger partial charge in [-0.15, -0.1) is 0 Å². The predicted octanol–water partition coefficient (Wildman–Crippen LogP) is 1.25. The molecule has 1 saturated heterocycles. The van der Waals surface area contributed by atoms with Gasteiger partial charge in [0.1, 0.15) is 0 Å². The Morgan fingerprint density at radius 3 is 3.05 bits per heavy atom. The van der Waals surface area contributed by atoms with Gasteiger partial charge in [-0.1, -0.05) is 6.07 Å². The van der Waals surface area contributed by atoms with Crippen LogP contribution in [0.1, 0.15) is 42.9 Å². The SMILES string of the molecule is CN1CCC[C@H]1c1cncc(CCCNCCC(N)=O)c1. The number of likely N-dealkylation sites (tertiary alicyclic amines) is 1. The monoisotopic (exact) mass is 290 g/mol. The summed E-state index contributed by atoms with van der Waals surface area (Å²) >= 11 is 0. The molecule has 0 unspecified atom stereocenters. The number of aryl methyl sites for hydroxylation is 1. The average molecular weight is 290 g/mol. The lowest BCUT2D eigenvalue weighted by Crippen LogP contribution is -2.23. The van der Waals surface area contributed by atoms with E-state index in [0.29, 0.717) is 19.0 Å². The van der Waals surface area contributed by atoms with Gasteiger partial charge in [0.15, 0.2) is 0 Å². The van der Waals surface area contributed by atoms with Crippen molar-refractivity contribution >= 4 is 5.91 Å². The highest BCUT2D eigenvalue weighted by molar-refractivity contribution is 5.73. The van der Waals surface area contributed by atoms with Gasteiger partial charge in [0, 0.05) is 31.4 Å². The van der Waals surface area contributed by atoms with Crippen molar-refractivity contribution in [1.82, 2.24) is 15.2 Å². The summed E-state index contributed by atoms with van der Waals surface area (Å²) in [7, 11) is 2.19. The summed E-state index contributed by atoms with van der Waals surface area (Å²) in [4.78, 5) is 17.4. The van der Waals surface area contributed by atoms with Crippen LogP contribution in [-0.2, 0) is 11.2 Å². The van der Waals surface area contributed by atoms with Crippen molar-refractivity contribution in [2.45, 2.75) is 38.1 Å². The van der Waals surface area contributed by atoms with Crippen LogP contribution in [0.4, 0.5) is 0 Å². The van der Waals surface area contributed by atoms with E-state index in [1.807, 2.05) is 12.4 Å². The van der Waals surface area contributed by atoms with E-state index in [1.165, 1.54) is 30.5 Å². The van der Waals surface area contributed by atoms with Gasteiger partial charge in [-0.25, -0.2) is 0 Å². The van der Waals surface area contributed by atoms with E-state index >= 15 is 0 Å². The molecule has 1 atom stereocenters. The van der Waals surface area contributed by atoms with Gasteiger partial charge in [-0.2, -0.15) is 0 Å². The van der Waals surface area contributed by atoms with Crippen LogP contribution >= 0.6 is 0 Å². The van der Waals surface area contributed by atoms with E-state index in [4.69, 9.17) is 5.73 Å². The molecule has 1 aliphatic heterocycles. The molecule has 1 amide bonds. The van der Waals surface area contributed by atoms with Gasteiger partial charge < -0.3 is 11.1 Å². The zero-order valence-corrected chi connectivity index (χ0v) is 12.8. The molecule has 1 aliphatic rings. The molecule has 21 heavy (non-hydrogen) atoms. The number of rotatable bonds is 8. The smallest absolute Gasteiger partial charge is 0.218 e. The Hall–Kier alpha value is -1.46. The van der Waals surface area contributed by atoms with Gasteiger partial charge in [0.05, 0.1) is 0 Å². The second-order valence-corrected chi connectivity index (χ2v) is 5.84. The first-order valence-corrected chi connectivity index (χ1v) is 7.80. The van der Waals surface area contributed by atoms with Crippen LogP contribution in [0.15, 0.2) is 18.5 Å². The van der Waals surface area contributed by atoms with Crippen molar-refractivity contribution in [3.8, 4) is 0 Å². The summed E-state index contributed by atoms with van der Waals surface area (Å²) in [5, 5.41) is 3.23. The summed E-state index contributed by atoms with van der Waals surface area (Å²) < 4.78 is 0. The summed E-state index contributed by atoms with van der Waals surface area (Å²) in [5.41, 5.74) is 7.73. The Kier molecular flexibility index (Phi) is 6.14. The number of nitrogens with one attached hydrogen (secondary N) is 1. The Bertz CT molecular complexity index is 463. The number of amides is 1. The Morgan fingerprint density at radius 1 is 1.48 bits per heavy atom. The molecule has 1 aromatic rings. The quantitative estimate of drug-likeness (QED) is 0.707. The molecule has 0 aromatic carbocycles. The summed E-state index contributed by atoms with van der Waals surface area (Å²) in [5.74, 6) is -0.250. The number of carbonyl (C=O) groups excluding carboxylic acids is 1. The fraction of sp³-hybridized carbons (Fsp3) is 0.625. The maximum Gasteiger partial charge on any atom is 0.218 e. The minimum atomic E-state index is -0.250. The molecule has 0 spiro atoms. The molecule has 1 aromatic heterocycles. The molecule has 3 N–H and O–H groups in total. The average Bonchev–Trinajstić information content (AvgIpc) is 2.89. The van der Waals surface area contributed by atoms with E-state index in [2.05, 4.69) is 28.3 Å². The number of nitrogens with zero attached hydrogens (tertiary/aromatic N) is 2. The molecule has 0 radical (unpaired) electrons. The molecule has 2 heterocycles. The van der Waals surface area contributed by atoms with Crippen LogP contribution in [-0.4, -0.2) is 42.5 Å². The Labute approximate surface area is 126 Å². The number of carbonyl (C=O) groups is 1. The van der Waals surface area contributed by atoms with Crippen molar-refractivity contribution in [2.24, 2.45) is 5.73 Å². The molecule has 0 aliphatic carbocycles.